The molecular weight excluding hydrogens is 671 g/mol. The first kappa shape index (κ1) is 21.6. The smallest absolute Gasteiger partial charge is 0.149 e. The van der Waals surface area contributed by atoms with E-state index in [1.807, 2.05) is 93.6 Å². The van der Waals surface area contributed by atoms with Gasteiger partial charge >= 0.3 is 0 Å². The van der Waals surface area contributed by atoms with Crippen molar-refractivity contribution in [1.82, 2.24) is 14.5 Å². The number of pyridine rings is 1. The van der Waals surface area contributed by atoms with E-state index in [0.717, 1.165) is 11.1 Å². The second-order valence-electron chi connectivity index (χ2n) is 14.5. The summed E-state index contributed by atoms with van der Waals surface area (Å²) in [5.74, 6) is 0.206. The van der Waals surface area contributed by atoms with Gasteiger partial charge in [-0.05, 0) is 117 Å². The van der Waals surface area contributed by atoms with Crippen LogP contribution in [0.5, 0.6) is 5.75 Å². The minimum absolute atomic E-state index is 0.0609. The zero-order valence-corrected chi connectivity index (χ0v) is 30.4. The van der Waals surface area contributed by atoms with Gasteiger partial charge < -0.3 is 5.11 Å². The molecule has 55 heavy (non-hydrogen) atoms. The van der Waals surface area contributed by atoms with E-state index in [4.69, 9.17) is 26.9 Å². The molecule has 0 spiro atoms. The summed E-state index contributed by atoms with van der Waals surface area (Å²) in [6.45, 7) is -7.99. The Hall–Kier alpha value is -6.26. The van der Waals surface area contributed by atoms with E-state index in [2.05, 4.69) is 4.98 Å². The van der Waals surface area contributed by atoms with Crippen LogP contribution in [0.3, 0.4) is 0 Å². The molecule has 0 aliphatic heterocycles. The summed E-state index contributed by atoms with van der Waals surface area (Å²) in [6, 6.07) is 31.6. The molecule has 0 unspecified atom stereocenters. The van der Waals surface area contributed by atoms with Gasteiger partial charge in [-0.3, -0.25) is 9.55 Å². The number of hydrogen-bond donors (Lipinski definition) is 1. The molecule has 0 atom stereocenters. The van der Waals surface area contributed by atoms with Gasteiger partial charge in [0.1, 0.15) is 11.6 Å². The van der Waals surface area contributed by atoms with Crippen LogP contribution in [0.1, 0.15) is 79.9 Å². The summed E-state index contributed by atoms with van der Waals surface area (Å²) in [4.78, 5) is 9.82. The monoisotopic (exact) mass is 733 g/mol. The lowest BCUT2D eigenvalue weighted by atomic mass is 9.83. The molecule has 0 amide bonds. The predicted molar refractivity (Wildman–Crippen MR) is 230 cm³/mol. The van der Waals surface area contributed by atoms with Crippen LogP contribution in [0.25, 0.3) is 72.7 Å². The van der Waals surface area contributed by atoms with Crippen LogP contribution in [0.2, 0.25) is 0 Å². The molecule has 4 nitrogen and oxygen atoms in total. The molecule has 0 aliphatic carbocycles. The van der Waals surface area contributed by atoms with Crippen LogP contribution >= 0.6 is 0 Å². The van der Waals surface area contributed by atoms with Gasteiger partial charge in [0, 0.05) is 33.8 Å². The van der Waals surface area contributed by atoms with Crippen molar-refractivity contribution in [3.63, 3.8) is 0 Å². The summed E-state index contributed by atoms with van der Waals surface area (Å²) in [6.07, 6.45) is 1.39. The van der Waals surface area contributed by atoms with E-state index in [1.54, 1.807) is 34.9 Å². The Labute approximate surface area is 347 Å². The number of hydrogen-bond acceptors (Lipinski definition) is 3. The van der Waals surface area contributed by atoms with E-state index in [0.29, 0.717) is 50.2 Å². The maximum Gasteiger partial charge on any atom is 0.149 e. The Morgan fingerprint density at radius 3 is 2.07 bits per heavy atom. The molecule has 272 valence electrons. The predicted octanol–water partition coefficient (Wildman–Crippen LogP) is 13.4. The number of aromatic hydroxyl groups is 1. The largest absolute Gasteiger partial charge is 0.507 e. The van der Waals surface area contributed by atoms with Crippen molar-refractivity contribution in [1.29, 1.82) is 0 Å². The van der Waals surface area contributed by atoms with E-state index in [9.17, 15) is 5.11 Å². The number of imidazole rings is 1. The summed E-state index contributed by atoms with van der Waals surface area (Å²) in [7, 11) is 0. The van der Waals surface area contributed by atoms with Gasteiger partial charge in [0.2, 0.25) is 0 Å². The van der Waals surface area contributed by atoms with E-state index in [-0.39, 0.29) is 28.3 Å². The standard InChI is InChI=1S/C51H47N3O/c1-33-28-36(34-14-9-8-10-15-34)22-25-45(33)54-46-18-13-17-42(48(46)53-49(54)43-16-11-12-19-47(43)55)38-29-39(31-41(30-38)51(5,6)7)44-32-37(26-27-52-44)35-20-23-40(24-21-35)50(2,3)4/h8-32,55H,1-7H3/i1D3,2D3,3D3,4D3,20D,21D,23D,24D. The quantitative estimate of drug-likeness (QED) is 0.185. The Kier molecular flexibility index (Phi) is 5.44. The van der Waals surface area contributed by atoms with Crippen molar-refractivity contribution in [2.75, 3.05) is 0 Å². The Morgan fingerprint density at radius 1 is 0.600 bits per heavy atom. The normalized spacial score (nSPS) is 17.1. The first-order chi connectivity index (χ1) is 33.0. The van der Waals surface area contributed by atoms with Crippen LogP contribution < -0.4 is 0 Å². The molecule has 2 aromatic heterocycles. The van der Waals surface area contributed by atoms with Gasteiger partial charge in [0.05, 0.1) is 33.5 Å². The maximum atomic E-state index is 11.3. The molecule has 0 saturated carbocycles. The van der Waals surface area contributed by atoms with Gasteiger partial charge in [0.15, 0.2) is 0 Å². The van der Waals surface area contributed by atoms with Crippen LogP contribution in [0, 0.1) is 6.85 Å². The van der Waals surface area contributed by atoms with Crippen LogP contribution in [-0.4, -0.2) is 19.6 Å². The Morgan fingerprint density at radius 2 is 1.33 bits per heavy atom. The highest BCUT2D eigenvalue weighted by Gasteiger charge is 2.23. The molecule has 0 bridgehead atoms. The summed E-state index contributed by atoms with van der Waals surface area (Å²) in [5, 5.41) is 11.3. The first-order valence-corrected chi connectivity index (χ1v) is 17.7. The lowest BCUT2D eigenvalue weighted by Crippen LogP contribution is -2.11. The van der Waals surface area contributed by atoms with Gasteiger partial charge in [-0.2, -0.15) is 0 Å². The zero-order valence-electron chi connectivity index (χ0n) is 46.4. The summed E-state index contributed by atoms with van der Waals surface area (Å²) >= 11 is 0. The molecule has 0 aliphatic rings. The average molecular weight is 734 g/mol. The van der Waals surface area contributed by atoms with Crippen molar-refractivity contribution in [3.8, 4) is 67.5 Å². The Bertz CT molecular complexity index is 3300. The number of phenolic OH excluding ortho intramolecular Hbond substituents is 1. The lowest BCUT2D eigenvalue weighted by Gasteiger charge is -2.22. The third-order valence-electron chi connectivity index (χ3n) is 9.63. The van der Waals surface area contributed by atoms with E-state index >= 15 is 0 Å². The average Bonchev–Trinajstić information content (AvgIpc) is 3.67. The van der Waals surface area contributed by atoms with Crippen molar-refractivity contribution < 1.29 is 27.0 Å². The number of para-hydroxylation sites is 2. The van der Waals surface area contributed by atoms with Crippen LogP contribution in [-0.2, 0) is 10.8 Å². The van der Waals surface area contributed by atoms with Gasteiger partial charge in [0.25, 0.3) is 0 Å². The highest BCUT2D eigenvalue weighted by molar-refractivity contribution is 5.97. The number of rotatable bonds is 6. The number of phenols is 1. The molecule has 8 aromatic rings. The second kappa shape index (κ2) is 13.9. The molecule has 0 saturated heterocycles. The number of aryl methyl sites for hydroxylation is 1. The topological polar surface area (TPSA) is 50.9 Å². The van der Waals surface area contributed by atoms with Crippen molar-refractivity contribution >= 4 is 11.0 Å². The third kappa shape index (κ3) is 6.97. The molecule has 8 rings (SSSR count). The first-order valence-electron chi connectivity index (χ1n) is 25.7. The fraction of sp³-hybridized carbons (Fsp3) is 0.176. The molecule has 2 heterocycles. The van der Waals surface area contributed by atoms with E-state index in [1.165, 1.54) is 24.4 Å². The molecule has 1 N–H and O–H groups in total. The van der Waals surface area contributed by atoms with Crippen LogP contribution in [0.4, 0.5) is 0 Å². The molecular formula is C51H47N3O. The molecule has 0 fully saturated rings. The van der Waals surface area contributed by atoms with Crippen molar-refractivity contribution in [2.24, 2.45) is 0 Å². The number of benzene rings is 6. The second-order valence-corrected chi connectivity index (χ2v) is 14.5. The number of aromatic nitrogens is 3. The fourth-order valence-electron chi connectivity index (χ4n) is 6.71. The summed E-state index contributed by atoms with van der Waals surface area (Å²) < 4.78 is 138. The van der Waals surface area contributed by atoms with Gasteiger partial charge in [-0.25, -0.2) is 4.98 Å². The van der Waals surface area contributed by atoms with Crippen molar-refractivity contribution in [2.45, 2.75) is 59.0 Å². The molecule has 0 radical (unpaired) electrons. The third-order valence-corrected chi connectivity index (χ3v) is 9.63. The maximum absolute atomic E-state index is 11.3. The fourth-order valence-corrected chi connectivity index (χ4v) is 6.71. The summed E-state index contributed by atoms with van der Waals surface area (Å²) in [5.41, 5.74) is 0.549. The van der Waals surface area contributed by atoms with Gasteiger partial charge in [-0.1, -0.05) is 132 Å². The van der Waals surface area contributed by atoms with E-state index < -0.39 is 68.0 Å². The molecule has 6 aromatic carbocycles. The highest BCUT2D eigenvalue weighted by atomic mass is 16.3. The number of nitrogens with zero attached hydrogens (tertiary/aromatic N) is 3. The number of fused-ring (bicyclic) bond motifs is 1. The highest BCUT2D eigenvalue weighted by Crippen LogP contribution is 2.41. The molecule has 4 heteroatoms. The SMILES string of the molecule is [2H]c1c([2H])c(C(C([2H])([2H])[2H])(C([2H])([2H])[2H])C([2H])([2H])[2H])c([2H])c([2H])c1-c1ccnc(-c2cc(-c3cccc4c3nc(-c3ccccc3O)n4-c3ccc(-c4ccccc4)cc3C([2H])([2H])[2H])cc(C(C)(C)C)c2)c1. The minimum Gasteiger partial charge on any atom is -0.507 e. The zero-order chi connectivity index (χ0) is 52.0. The minimum atomic E-state index is -3.82. The van der Waals surface area contributed by atoms with Crippen LogP contribution in [0.15, 0.2) is 152 Å². The van der Waals surface area contributed by atoms with Crippen molar-refractivity contribution in [3.05, 3.63) is 168 Å². The Balaban J connectivity index is 1.35. The van der Waals surface area contributed by atoms with Gasteiger partial charge in [-0.15, -0.1) is 0 Å². The lowest BCUT2D eigenvalue weighted by molar-refractivity contribution is 0.477.